The molecule has 0 aromatic rings. The van der Waals surface area contributed by atoms with Crippen molar-refractivity contribution in [2.24, 2.45) is 0 Å². The van der Waals surface area contributed by atoms with Gasteiger partial charge in [-0.2, -0.15) is 0 Å². The lowest BCUT2D eigenvalue weighted by atomic mass is 10.0. The third kappa shape index (κ3) is 1.47. The molecule has 4 heteroatoms. The van der Waals surface area contributed by atoms with Crippen LogP contribution in [0.25, 0.3) is 0 Å². The topological polar surface area (TPSA) is 44.8 Å². The van der Waals surface area contributed by atoms with Crippen molar-refractivity contribution >= 4 is 5.97 Å². The summed E-state index contributed by atoms with van der Waals surface area (Å²) >= 11 is 0. The average Bonchev–Trinajstić information content (AvgIpc) is 2.42. The second-order valence-electron chi connectivity index (χ2n) is 3.48. The molecule has 1 fully saturated rings. The fourth-order valence-electron chi connectivity index (χ4n) is 1.59. The number of hydrogen-bond donors (Lipinski definition) is 0. The van der Waals surface area contributed by atoms with Crippen molar-refractivity contribution in [1.29, 1.82) is 0 Å². The van der Waals surface area contributed by atoms with Gasteiger partial charge in [0, 0.05) is 6.92 Å². The van der Waals surface area contributed by atoms with Gasteiger partial charge in [-0.25, -0.2) is 0 Å². The minimum Gasteiger partial charge on any atom is -0.450 e. The van der Waals surface area contributed by atoms with Gasteiger partial charge in [-0.15, -0.1) is 0 Å². The lowest BCUT2D eigenvalue weighted by Crippen LogP contribution is -2.44. The molecule has 0 unspecified atom stereocenters. The Morgan fingerprint density at radius 2 is 2.46 bits per heavy atom. The molecule has 4 nitrogen and oxygen atoms in total. The zero-order valence-electron chi connectivity index (χ0n) is 7.65. The minimum absolute atomic E-state index is 0.0219. The molecule has 0 amide bonds. The van der Waals surface area contributed by atoms with Gasteiger partial charge in [0.25, 0.3) is 0 Å². The van der Waals surface area contributed by atoms with Gasteiger partial charge < -0.3 is 14.2 Å². The van der Waals surface area contributed by atoms with E-state index in [1.807, 2.05) is 12.2 Å². The third-order valence-corrected chi connectivity index (χ3v) is 2.18. The molecule has 0 aromatic heterocycles. The van der Waals surface area contributed by atoms with Crippen LogP contribution in [-0.2, 0) is 19.0 Å². The largest absolute Gasteiger partial charge is 0.450 e. The summed E-state index contributed by atoms with van der Waals surface area (Å²) in [7, 11) is 0. The molecule has 0 N–H and O–H groups in total. The van der Waals surface area contributed by atoms with Crippen LogP contribution in [-0.4, -0.2) is 30.6 Å². The normalized spacial score (nSPS) is 42.0. The first kappa shape index (κ1) is 8.72. The molecule has 3 atom stereocenters. The summed E-state index contributed by atoms with van der Waals surface area (Å²) in [6, 6.07) is 0. The number of fused-ring (bicyclic) bond motifs is 2. The summed E-state index contributed by atoms with van der Waals surface area (Å²) in [6.45, 7) is 3.69. The fourth-order valence-corrected chi connectivity index (χ4v) is 1.59. The van der Waals surface area contributed by atoms with Crippen molar-refractivity contribution in [2.45, 2.75) is 31.8 Å². The van der Waals surface area contributed by atoms with Crippen molar-refractivity contribution in [3.63, 3.8) is 0 Å². The monoisotopic (exact) mass is 184 g/mol. The molecule has 0 aromatic carbocycles. The second kappa shape index (κ2) is 2.82. The van der Waals surface area contributed by atoms with E-state index in [2.05, 4.69) is 0 Å². The number of hydrogen-bond acceptors (Lipinski definition) is 4. The fraction of sp³-hybridized carbons (Fsp3) is 0.667. The lowest BCUT2D eigenvalue weighted by molar-refractivity contribution is -0.194. The molecular formula is C9H12O4. The quantitative estimate of drug-likeness (QED) is 0.442. The molecule has 2 aliphatic rings. The van der Waals surface area contributed by atoms with Gasteiger partial charge in [0.1, 0.15) is 6.10 Å². The van der Waals surface area contributed by atoms with Crippen LogP contribution in [0.15, 0.2) is 12.2 Å². The predicted octanol–water partition coefficient (Wildman–Crippen LogP) is 0.619. The van der Waals surface area contributed by atoms with E-state index in [0.717, 1.165) is 0 Å². The number of carbonyl (C=O) groups is 1. The highest BCUT2D eigenvalue weighted by atomic mass is 16.7. The van der Waals surface area contributed by atoms with Crippen molar-refractivity contribution in [3.8, 4) is 0 Å². The molecular weight excluding hydrogens is 172 g/mol. The van der Waals surface area contributed by atoms with E-state index >= 15 is 0 Å². The highest BCUT2D eigenvalue weighted by molar-refractivity contribution is 5.67. The van der Waals surface area contributed by atoms with E-state index in [4.69, 9.17) is 14.2 Å². The van der Waals surface area contributed by atoms with E-state index in [0.29, 0.717) is 6.61 Å². The molecule has 0 radical (unpaired) electrons. The Bertz CT molecular complexity index is 260. The summed E-state index contributed by atoms with van der Waals surface area (Å²) in [5, 5.41) is 0. The number of esters is 1. The smallest absolute Gasteiger partial charge is 0.303 e. The van der Waals surface area contributed by atoms with Gasteiger partial charge in [-0.3, -0.25) is 4.79 Å². The minimum atomic E-state index is -0.765. The van der Waals surface area contributed by atoms with E-state index in [9.17, 15) is 4.79 Å². The van der Waals surface area contributed by atoms with Crippen LogP contribution < -0.4 is 0 Å². The van der Waals surface area contributed by atoms with Crippen LogP contribution in [0.4, 0.5) is 0 Å². The maximum atomic E-state index is 10.8. The van der Waals surface area contributed by atoms with E-state index in [1.54, 1.807) is 6.92 Å². The molecule has 2 bridgehead atoms. The summed E-state index contributed by atoms with van der Waals surface area (Å²) < 4.78 is 15.9. The van der Waals surface area contributed by atoms with Crippen LogP contribution in [0, 0.1) is 0 Å². The SMILES string of the molecule is CC(=O)O[C@@]1(C)C=C[C@H]2CO[C@@H]1O2. The Morgan fingerprint density at radius 3 is 3.15 bits per heavy atom. The van der Waals surface area contributed by atoms with Crippen LogP contribution in [0.3, 0.4) is 0 Å². The Kier molecular flexibility index (Phi) is 1.89. The first-order valence-electron chi connectivity index (χ1n) is 4.26. The molecule has 0 saturated carbocycles. The van der Waals surface area contributed by atoms with Crippen LogP contribution >= 0.6 is 0 Å². The average molecular weight is 184 g/mol. The molecule has 2 rings (SSSR count). The zero-order chi connectivity index (χ0) is 9.47. The van der Waals surface area contributed by atoms with E-state index in [-0.39, 0.29) is 12.1 Å². The van der Waals surface area contributed by atoms with Crippen LogP contribution in [0.5, 0.6) is 0 Å². The summed E-state index contributed by atoms with van der Waals surface area (Å²) in [6.07, 6.45) is 3.27. The van der Waals surface area contributed by atoms with Crippen molar-refractivity contribution in [1.82, 2.24) is 0 Å². The summed E-state index contributed by atoms with van der Waals surface area (Å²) in [4.78, 5) is 10.8. The van der Waals surface area contributed by atoms with Crippen molar-refractivity contribution < 1.29 is 19.0 Å². The second-order valence-corrected chi connectivity index (χ2v) is 3.48. The number of carbonyl (C=O) groups excluding carboxylic acids is 1. The molecule has 0 aliphatic carbocycles. The zero-order valence-corrected chi connectivity index (χ0v) is 7.65. The molecule has 2 aliphatic heterocycles. The van der Waals surface area contributed by atoms with Gasteiger partial charge >= 0.3 is 5.97 Å². The van der Waals surface area contributed by atoms with E-state index in [1.165, 1.54) is 6.92 Å². The standard InChI is InChI=1S/C9H12O4/c1-6(10)13-9(2)4-3-7-5-11-8(9)12-7/h3-4,7-8H,5H2,1-2H3/t7-,8+,9-/m0/s1. The first-order chi connectivity index (χ1) is 6.10. The first-order valence-corrected chi connectivity index (χ1v) is 4.26. The van der Waals surface area contributed by atoms with Gasteiger partial charge in [-0.1, -0.05) is 6.08 Å². The Labute approximate surface area is 76.5 Å². The Balaban J connectivity index is 2.17. The van der Waals surface area contributed by atoms with E-state index < -0.39 is 11.9 Å². The van der Waals surface area contributed by atoms with Gasteiger partial charge in [-0.05, 0) is 13.0 Å². The third-order valence-electron chi connectivity index (χ3n) is 2.18. The summed E-state index contributed by atoms with van der Waals surface area (Å²) in [5.41, 5.74) is -0.765. The van der Waals surface area contributed by atoms with Crippen molar-refractivity contribution in [3.05, 3.63) is 12.2 Å². The van der Waals surface area contributed by atoms with Gasteiger partial charge in [0.05, 0.1) is 6.61 Å². The number of ether oxygens (including phenoxy) is 3. The van der Waals surface area contributed by atoms with Gasteiger partial charge in [0.15, 0.2) is 5.60 Å². The molecule has 2 heterocycles. The lowest BCUT2D eigenvalue weighted by Gasteiger charge is -2.32. The van der Waals surface area contributed by atoms with Crippen LogP contribution in [0.2, 0.25) is 0 Å². The molecule has 13 heavy (non-hydrogen) atoms. The maximum absolute atomic E-state index is 10.8. The maximum Gasteiger partial charge on any atom is 0.303 e. The predicted molar refractivity (Wildman–Crippen MR) is 43.9 cm³/mol. The molecule has 0 spiro atoms. The highest BCUT2D eigenvalue weighted by Gasteiger charge is 2.45. The van der Waals surface area contributed by atoms with Crippen molar-refractivity contribution in [2.75, 3.05) is 6.61 Å². The molecule has 1 saturated heterocycles. The number of rotatable bonds is 1. The highest BCUT2D eigenvalue weighted by Crippen LogP contribution is 2.32. The summed E-state index contributed by atoms with van der Waals surface area (Å²) in [5.74, 6) is -0.329. The molecule has 72 valence electrons. The Hall–Kier alpha value is -0.870. The van der Waals surface area contributed by atoms with Crippen LogP contribution in [0.1, 0.15) is 13.8 Å². The Morgan fingerprint density at radius 1 is 1.69 bits per heavy atom. The van der Waals surface area contributed by atoms with Gasteiger partial charge in [0.2, 0.25) is 6.29 Å².